The van der Waals surface area contributed by atoms with Crippen molar-refractivity contribution in [3.63, 3.8) is 0 Å². The summed E-state index contributed by atoms with van der Waals surface area (Å²) >= 11 is 0. The molecule has 0 aromatic carbocycles. The summed E-state index contributed by atoms with van der Waals surface area (Å²) in [5.41, 5.74) is 0. The molecule has 0 saturated heterocycles. The molecule has 0 N–H and O–H groups in total. The molecular weight excluding hydrogens is 111 g/mol. The number of carbonyl (C=O) groups is 1. The molecule has 0 aliphatic heterocycles. The number of carbonyl (C=O) groups excluding carboxylic acids is 1. The molecule has 0 saturated carbocycles. The molecule has 0 rings (SSSR count). The quantitative estimate of drug-likeness (QED) is 0.236. The molecule has 0 amide bonds. The fraction of sp³-hybridized carbons (Fsp3) is 0.667. The molecule has 0 radical (unpaired) electrons. The summed E-state index contributed by atoms with van der Waals surface area (Å²) in [6, 6.07) is 0. The van der Waals surface area contributed by atoms with Crippen molar-refractivity contribution in [2.45, 2.75) is 13.8 Å². The van der Waals surface area contributed by atoms with Gasteiger partial charge < -0.3 is 12.2 Å². The van der Waals surface area contributed by atoms with Gasteiger partial charge in [-0.2, -0.15) is 0 Å². The Morgan fingerprint density at radius 3 is 1.78 bits per heavy atom. The molecule has 3 heteroatoms. The molecule has 50 valence electrons. The summed E-state index contributed by atoms with van der Waals surface area (Å²) in [6.45, 7) is 3.59. The third-order valence-electron chi connectivity index (χ3n) is 0.673. The Morgan fingerprint density at radius 1 is 1.44 bits per heavy atom. The van der Waals surface area contributed by atoms with E-state index in [1.807, 2.05) is 0 Å². The molecule has 2 nitrogen and oxygen atoms in total. The van der Waals surface area contributed by atoms with E-state index < -0.39 is 0 Å². The maximum Gasteiger partial charge on any atom is 1.00 e. The van der Waals surface area contributed by atoms with Gasteiger partial charge in [0.1, 0.15) is 0 Å². The molecule has 0 aromatic rings. The molecule has 0 bridgehead atoms. The van der Waals surface area contributed by atoms with Crippen LogP contribution >= 0.6 is 0 Å². The van der Waals surface area contributed by atoms with Gasteiger partial charge in [-0.1, -0.05) is 13.8 Å². The van der Waals surface area contributed by atoms with E-state index in [-0.39, 0.29) is 38.2 Å². The first kappa shape index (κ1) is 16.0. The molecule has 0 atom stereocenters. The second-order valence-electron chi connectivity index (χ2n) is 1.68. The zero-order valence-corrected chi connectivity index (χ0v) is 6.89. The molecular formula is C6H13LiO2. The maximum absolute atomic E-state index is 10.3. The van der Waals surface area contributed by atoms with Gasteiger partial charge in [0.15, 0.2) is 0 Å². The number of ether oxygens (including phenoxy) is 1. The maximum atomic E-state index is 10.3. The summed E-state index contributed by atoms with van der Waals surface area (Å²) in [4.78, 5) is 10.3. The fourth-order valence-corrected chi connectivity index (χ4v) is 0.236. The van der Waals surface area contributed by atoms with Crippen LogP contribution in [0.5, 0.6) is 0 Å². The minimum atomic E-state index is -0.153. The average molecular weight is 124 g/mol. The molecule has 0 unspecified atom stereocenters. The predicted molar refractivity (Wildman–Crippen MR) is 33.3 cm³/mol. The van der Waals surface area contributed by atoms with Gasteiger partial charge in [0.25, 0.3) is 0 Å². The Morgan fingerprint density at radius 2 is 1.78 bits per heavy atom. The van der Waals surface area contributed by atoms with Gasteiger partial charge in [-0.05, 0) is 0 Å². The third-order valence-corrected chi connectivity index (χ3v) is 0.673. The van der Waals surface area contributed by atoms with Crippen LogP contribution in [-0.4, -0.2) is 13.1 Å². The number of rotatable bonds is 1. The first-order valence-electron chi connectivity index (χ1n) is 2.26. The van der Waals surface area contributed by atoms with Crippen LogP contribution in [0, 0.1) is 13.3 Å². The SMILES string of the molecule is COC(=O)C(C)C.[CH3-].[Li+]. The first-order chi connectivity index (χ1) is 3.18. The molecule has 0 heterocycles. The van der Waals surface area contributed by atoms with E-state index >= 15 is 0 Å². The van der Waals surface area contributed by atoms with Crippen molar-refractivity contribution in [3.8, 4) is 0 Å². The van der Waals surface area contributed by atoms with Crippen molar-refractivity contribution in [2.75, 3.05) is 7.11 Å². The van der Waals surface area contributed by atoms with Gasteiger partial charge in [0.05, 0.1) is 13.0 Å². The van der Waals surface area contributed by atoms with Gasteiger partial charge in [-0.15, -0.1) is 0 Å². The van der Waals surface area contributed by atoms with Crippen molar-refractivity contribution >= 4 is 5.97 Å². The van der Waals surface area contributed by atoms with E-state index in [1.165, 1.54) is 7.11 Å². The molecule has 0 fully saturated rings. The Kier molecular flexibility index (Phi) is 14.4. The molecule has 0 aliphatic rings. The van der Waals surface area contributed by atoms with Crippen LogP contribution in [0.2, 0.25) is 0 Å². The Bertz CT molecular complexity index is 71.5. The van der Waals surface area contributed by atoms with Crippen molar-refractivity contribution < 1.29 is 28.4 Å². The topological polar surface area (TPSA) is 26.3 Å². The summed E-state index contributed by atoms with van der Waals surface area (Å²) in [6.07, 6.45) is 0. The Hall–Kier alpha value is 0.0674. The van der Waals surface area contributed by atoms with Crippen LogP contribution in [0.15, 0.2) is 0 Å². The van der Waals surface area contributed by atoms with E-state index in [1.54, 1.807) is 13.8 Å². The minimum Gasteiger partial charge on any atom is -0.469 e. The third kappa shape index (κ3) is 8.07. The van der Waals surface area contributed by atoms with Crippen molar-refractivity contribution in [2.24, 2.45) is 5.92 Å². The largest absolute Gasteiger partial charge is 1.00 e. The minimum absolute atomic E-state index is 0. The van der Waals surface area contributed by atoms with Crippen LogP contribution in [0.3, 0.4) is 0 Å². The zero-order valence-electron chi connectivity index (χ0n) is 6.89. The number of hydrogen-bond acceptors (Lipinski definition) is 2. The second kappa shape index (κ2) is 8.07. The Balaban J connectivity index is -0.000000180. The number of methoxy groups -OCH3 is 1. The van der Waals surface area contributed by atoms with Gasteiger partial charge in [0.2, 0.25) is 0 Å². The summed E-state index contributed by atoms with van der Waals surface area (Å²) < 4.78 is 4.37. The predicted octanol–water partition coefficient (Wildman–Crippen LogP) is -1.73. The van der Waals surface area contributed by atoms with Crippen LogP contribution < -0.4 is 18.9 Å². The van der Waals surface area contributed by atoms with Crippen LogP contribution in [0.25, 0.3) is 0 Å². The van der Waals surface area contributed by atoms with Crippen molar-refractivity contribution in [3.05, 3.63) is 7.43 Å². The summed E-state index contributed by atoms with van der Waals surface area (Å²) in [7, 11) is 1.39. The summed E-state index contributed by atoms with van der Waals surface area (Å²) in [5, 5.41) is 0. The van der Waals surface area contributed by atoms with Crippen molar-refractivity contribution in [1.82, 2.24) is 0 Å². The van der Waals surface area contributed by atoms with Gasteiger partial charge in [0, 0.05) is 0 Å². The molecule has 0 aromatic heterocycles. The van der Waals surface area contributed by atoms with E-state index in [0.717, 1.165) is 0 Å². The first-order valence-corrected chi connectivity index (χ1v) is 2.26. The average Bonchev–Trinajstić information content (AvgIpc) is 1.65. The van der Waals surface area contributed by atoms with Gasteiger partial charge in [-0.3, -0.25) is 4.79 Å². The van der Waals surface area contributed by atoms with Crippen molar-refractivity contribution in [1.29, 1.82) is 0 Å². The van der Waals surface area contributed by atoms with E-state index in [2.05, 4.69) is 4.74 Å². The molecule has 0 spiro atoms. The molecule has 0 aliphatic carbocycles. The second-order valence-corrected chi connectivity index (χ2v) is 1.68. The van der Waals surface area contributed by atoms with E-state index in [9.17, 15) is 4.79 Å². The van der Waals surface area contributed by atoms with E-state index in [0.29, 0.717) is 0 Å². The Labute approximate surface area is 69.1 Å². The van der Waals surface area contributed by atoms with Crippen LogP contribution in [0.4, 0.5) is 0 Å². The van der Waals surface area contributed by atoms with E-state index in [4.69, 9.17) is 0 Å². The fourth-order valence-electron chi connectivity index (χ4n) is 0.236. The smallest absolute Gasteiger partial charge is 0.469 e. The normalized spacial score (nSPS) is 7.11. The van der Waals surface area contributed by atoms with Gasteiger partial charge >= 0.3 is 24.8 Å². The summed E-state index contributed by atoms with van der Waals surface area (Å²) in [5.74, 6) is -0.148. The monoisotopic (exact) mass is 124 g/mol. The standard InChI is InChI=1S/C5H10O2.CH3.Li/c1-4(2)5(6)7-3;;/h4H,1-3H3;1H3;/q;-1;+1. The van der Waals surface area contributed by atoms with Gasteiger partial charge in [-0.25, -0.2) is 0 Å². The number of esters is 1. The number of hydrogen-bond donors (Lipinski definition) is 0. The molecule has 9 heavy (non-hydrogen) atoms. The zero-order chi connectivity index (χ0) is 5.86. The van der Waals surface area contributed by atoms with Crippen LogP contribution in [-0.2, 0) is 9.53 Å². The van der Waals surface area contributed by atoms with Crippen LogP contribution in [0.1, 0.15) is 13.8 Å².